The van der Waals surface area contributed by atoms with Gasteiger partial charge in [-0.2, -0.15) is 0 Å². The third kappa shape index (κ3) is 19.0. The topological polar surface area (TPSA) is 285 Å². The molecule has 1 aromatic carbocycles. The van der Waals surface area contributed by atoms with Crippen LogP contribution in [0.25, 0.3) is 10.4 Å². The molecule has 0 saturated heterocycles. The van der Waals surface area contributed by atoms with E-state index >= 15 is 0 Å². The van der Waals surface area contributed by atoms with Crippen molar-refractivity contribution >= 4 is 41.5 Å². The van der Waals surface area contributed by atoms with Gasteiger partial charge in [-0.05, 0) is 17.5 Å². The number of carboxylic acids is 2. The van der Waals surface area contributed by atoms with Gasteiger partial charge >= 0.3 is 17.9 Å². The molecule has 0 spiro atoms. The fourth-order valence-corrected chi connectivity index (χ4v) is 3.73. The van der Waals surface area contributed by atoms with Crippen LogP contribution in [0.1, 0.15) is 38.2 Å². The molecule has 0 fully saturated rings. The van der Waals surface area contributed by atoms with Crippen LogP contribution in [-0.2, 0) is 54.4 Å². The van der Waals surface area contributed by atoms with E-state index in [0.717, 1.165) is 6.92 Å². The number of benzene rings is 1. The zero-order chi connectivity index (χ0) is 35.0. The summed E-state index contributed by atoms with van der Waals surface area (Å²) >= 11 is 0. The van der Waals surface area contributed by atoms with E-state index in [1.54, 1.807) is 30.3 Å². The molecule has 47 heavy (non-hydrogen) atoms. The van der Waals surface area contributed by atoms with E-state index in [9.17, 15) is 38.7 Å². The fourth-order valence-electron chi connectivity index (χ4n) is 3.73. The van der Waals surface area contributed by atoms with Crippen LogP contribution in [0.15, 0.2) is 35.4 Å². The fraction of sp³-hybridized carbons (Fsp3) is 0.536. The molecule has 6 N–H and O–H groups in total. The van der Waals surface area contributed by atoms with Crippen LogP contribution in [-0.4, -0.2) is 109 Å². The molecule has 19 nitrogen and oxygen atoms in total. The van der Waals surface area contributed by atoms with E-state index in [1.165, 1.54) is 0 Å². The Morgan fingerprint density at radius 3 is 2.02 bits per heavy atom. The second-order valence-electron chi connectivity index (χ2n) is 9.73. The summed E-state index contributed by atoms with van der Waals surface area (Å²) in [4.78, 5) is 88.5. The summed E-state index contributed by atoms with van der Waals surface area (Å²) in [5, 5.41) is 30.8. The molecular formula is C28H39N7O12. The van der Waals surface area contributed by atoms with Crippen LogP contribution < -0.4 is 21.3 Å². The highest BCUT2D eigenvalue weighted by Gasteiger charge is 2.32. The molecule has 1 rings (SSSR count). The number of carbonyl (C=O) groups excluding carboxylic acids is 5. The number of azide groups is 1. The lowest BCUT2D eigenvalue weighted by Gasteiger charge is -2.24. The highest BCUT2D eigenvalue weighted by molar-refractivity contribution is 5.96. The summed E-state index contributed by atoms with van der Waals surface area (Å²) in [7, 11) is 0. The van der Waals surface area contributed by atoms with Gasteiger partial charge in [0.2, 0.25) is 23.6 Å². The van der Waals surface area contributed by atoms with Crippen molar-refractivity contribution in [2.45, 2.75) is 57.3 Å². The number of hydrogen-bond acceptors (Lipinski definition) is 11. The Morgan fingerprint density at radius 1 is 0.809 bits per heavy atom. The smallest absolute Gasteiger partial charge is 0.308 e. The first-order valence-corrected chi connectivity index (χ1v) is 14.4. The zero-order valence-electron chi connectivity index (χ0n) is 25.7. The van der Waals surface area contributed by atoms with Crippen LogP contribution in [0, 0.1) is 0 Å². The number of rotatable bonds is 24. The highest BCUT2D eigenvalue weighted by atomic mass is 16.5. The van der Waals surface area contributed by atoms with E-state index in [4.69, 9.17) is 24.8 Å². The maximum Gasteiger partial charge on any atom is 0.308 e. The minimum absolute atomic E-state index is 0.00596. The second kappa shape index (κ2) is 23.1. The molecule has 0 aliphatic rings. The van der Waals surface area contributed by atoms with Gasteiger partial charge in [-0.25, -0.2) is 0 Å². The lowest BCUT2D eigenvalue weighted by Crippen LogP contribution is -2.57. The molecule has 4 amide bonds. The Labute approximate surface area is 269 Å². The first-order valence-electron chi connectivity index (χ1n) is 14.4. The number of nitrogens with one attached hydrogen (secondary N) is 4. The summed E-state index contributed by atoms with van der Waals surface area (Å²) in [6, 6.07) is 3.80. The monoisotopic (exact) mass is 665 g/mol. The van der Waals surface area contributed by atoms with Crippen molar-refractivity contribution < 1.29 is 58.0 Å². The number of aliphatic carboxylic acids is 2. The van der Waals surface area contributed by atoms with Gasteiger partial charge < -0.3 is 45.7 Å². The van der Waals surface area contributed by atoms with E-state index in [1.807, 2.05) is 0 Å². The SMILES string of the molecule is CC(=O)N[C@@H](CCC(=O)O)C(=O)N[C@H](CC(=O)OCc1ccccc1)C(=O)N[C@@H](CC(=O)O)C(=O)NCCOCCOCCN=[N+]=[N-]. The first-order chi connectivity index (χ1) is 22.4. The molecule has 0 heterocycles. The maximum absolute atomic E-state index is 13.3. The quantitative estimate of drug-likeness (QED) is 0.0265. The summed E-state index contributed by atoms with van der Waals surface area (Å²) in [6.07, 6.45) is -2.47. The molecule has 0 aliphatic heterocycles. The van der Waals surface area contributed by atoms with Crippen LogP contribution in [0.3, 0.4) is 0 Å². The Hall–Kier alpha value is -5.26. The van der Waals surface area contributed by atoms with Gasteiger partial charge in [0.1, 0.15) is 24.7 Å². The molecular weight excluding hydrogens is 626 g/mol. The van der Waals surface area contributed by atoms with Crippen molar-refractivity contribution in [1.82, 2.24) is 21.3 Å². The van der Waals surface area contributed by atoms with Gasteiger partial charge in [0, 0.05) is 31.3 Å². The first kappa shape index (κ1) is 39.8. The normalized spacial score (nSPS) is 12.3. The van der Waals surface area contributed by atoms with E-state index < -0.39 is 78.9 Å². The summed E-state index contributed by atoms with van der Waals surface area (Å²) in [5.74, 6) is -7.32. The maximum atomic E-state index is 13.3. The number of esters is 1. The van der Waals surface area contributed by atoms with Crippen molar-refractivity contribution in [1.29, 1.82) is 0 Å². The summed E-state index contributed by atoms with van der Waals surface area (Å²) in [5.41, 5.74) is 8.83. The predicted molar refractivity (Wildman–Crippen MR) is 160 cm³/mol. The number of amides is 4. The lowest BCUT2D eigenvalue weighted by molar-refractivity contribution is -0.148. The van der Waals surface area contributed by atoms with Crippen molar-refractivity contribution in [3.8, 4) is 0 Å². The Bertz CT molecular complexity index is 1260. The van der Waals surface area contributed by atoms with Gasteiger partial charge in [-0.1, -0.05) is 35.4 Å². The van der Waals surface area contributed by atoms with Crippen LogP contribution in [0.2, 0.25) is 0 Å². The Morgan fingerprint density at radius 2 is 1.43 bits per heavy atom. The van der Waals surface area contributed by atoms with Crippen molar-refractivity contribution in [3.63, 3.8) is 0 Å². The number of hydrogen-bond donors (Lipinski definition) is 6. The van der Waals surface area contributed by atoms with Gasteiger partial charge in [0.05, 0.1) is 39.3 Å². The second-order valence-corrected chi connectivity index (χ2v) is 9.73. The molecule has 0 unspecified atom stereocenters. The van der Waals surface area contributed by atoms with E-state index in [-0.39, 0.29) is 52.5 Å². The number of nitrogens with zero attached hydrogens (tertiary/aromatic N) is 3. The molecule has 0 saturated carbocycles. The van der Waals surface area contributed by atoms with Gasteiger partial charge in [0.15, 0.2) is 0 Å². The molecule has 0 bridgehead atoms. The van der Waals surface area contributed by atoms with E-state index in [0.29, 0.717) is 5.56 Å². The predicted octanol–water partition coefficient (Wildman–Crippen LogP) is -0.607. The van der Waals surface area contributed by atoms with Crippen molar-refractivity contribution in [2.24, 2.45) is 5.11 Å². The minimum atomic E-state index is -1.71. The lowest BCUT2D eigenvalue weighted by atomic mass is 10.1. The number of carbonyl (C=O) groups is 7. The van der Waals surface area contributed by atoms with Gasteiger partial charge in [0.25, 0.3) is 0 Å². The molecule has 3 atom stereocenters. The summed E-state index contributed by atoms with van der Waals surface area (Å²) < 4.78 is 15.6. The highest BCUT2D eigenvalue weighted by Crippen LogP contribution is 2.06. The largest absolute Gasteiger partial charge is 0.481 e. The number of ether oxygens (including phenoxy) is 3. The number of carboxylic acid groups (broad SMARTS) is 2. The van der Waals surface area contributed by atoms with E-state index in [2.05, 4.69) is 31.3 Å². The standard InChI is InChI=1S/C28H39N7O12/c1-18(36)32-20(7-8-23(37)38)27(43)34-22(16-25(41)47-17-19-5-3-2-4-6-19)28(44)33-21(15-24(39)40)26(42)30-9-11-45-13-14-46-12-10-31-35-29/h2-6,20-22H,7-17H2,1H3,(H,30,42)(H,32,36)(H,33,44)(H,34,43)(H,37,38)(H,39,40)/t20-,21-,22+/m0/s1. The van der Waals surface area contributed by atoms with Gasteiger partial charge in [-0.15, -0.1) is 0 Å². The average Bonchev–Trinajstić information content (AvgIpc) is 3.02. The molecule has 0 radical (unpaired) electrons. The third-order valence-electron chi connectivity index (χ3n) is 5.92. The third-order valence-corrected chi connectivity index (χ3v) is 5.92. The molecule has 258 valence electrons. The molecule has 0 aromatic heterocycles. The molecule has 0 aliphatic carbocycles. The van der Waals surface area contributed by atoms with Crippen molar-refractivity contribution in [2.75, 3.05) is 39.5 Å². The Balaban J connectivity index is 2.94. The minimum Gasteiger partial charge on any atom is -0.481 e. The molecule has 19 heteroatoms. The van der Waals surface area contributed by atoms with Crippen LogP contribution in [0.4, 0.5) is 0 Å². The summed E-state index contributed by atoms with van der Waals surface area (Å²) in [6.45, 7) is 1.55. The molecule has 1 aromatic rings. The van der Waals surface area contributed by atoms with Crippen molar-refractivity contribution in [3.05, 3.63) is 46.3 Å². The van der Waals surface area contributed by atoms with Gasteiger partial charge in [-0.3, -0.25) is 33.6 Å². The average molecular weight is 666 g/mol. The van der Waals surface area contributed by atoms with Crippen LogP contribution >= 0.6 is 0 Å². The Kier molecular flexibility index (Phi) is 19.6. The zero-order valence-corrected chi connectivity index (χ0v) is 25.7. The van der Waals surface area contributed by atoms with Crippen LogP contribution in [0.5, 0.6) is 0 Å².